The largest absolute Gasteiger partial charge is 0.507 e. The Bertz CT molecular complexity index is 1420. The van der Waals surface area contributed by atoms with Crippen LogP contribution in [0, 0.1) is 0 Å². The number of hydrogen-bond donors (Lipinski definition) is 3. The Labute approximate surface area is 192 Å². The minimum absolute atomic E-state index is 0.0558. The maximum absolute atomic E-state index is 12.9. The van der Waals surface area contributed by atoms with Crippen LogP contribution in [0.1, 0.15) is 16.7 Å². The number of benzene rings is 3. The maximum atomic E-state index is 12.9. The molecule has 0 spiro atoms. The van der Waals surface area contributed by atoms with Crippen LogP contribution in [0.4, 0.5) is 24.5 Å². The van der Waals surface area contributed by atoms with Crippen LogP contribution in [-0.2, 0) is 21.0 Å². The Hall–Kier alpha value is -3.99. The smallest absolute Gasteiger partial charge is 0.416 e. The minimum atomic E-state index is -4.54. The van der Waals surface area contributed by atoms with Crippen molar-refractivity contribution in [1.29, 1.82) is 0 Å². The van der Waals surface area contributed by atoms with Crippen LogP contribution in [0.25, 0.3) is 11.6 Å². The minimum Gasteiger partial charge on any atom is -0.507 e. The molecule has 3 aromatic rings. The summed E-state index contributed by atoms with van der Waals surface area (Å²) < 4.78 is 71.3. The summed E-state index contributed by atoms with van der Waals surface area (Å²) in [7, 11) is -2.74. The van der Waals surface area contributed by atoms with Gasteiger partial charge >= 0.3 is 6.18 Å². The summed E-state index contributed by atoms with van der Waals surface area (Å²) in [6.45, 7) is 0. The third-order valence-corrected chi connectivity index (χ3v) is 6.46. The molecule has 0 radical (unpaired) electrons. The number of halogens is 3. The molecule has 3 aromatic carbocycles. The molecule has 0 bridgehead atoms. The number of methoxy groups -OCH3 is 1. The molecule has 1 aliphatic heterocycles. The SMILES string of the molecule is COc1ccc(O)c(C=C2C(=O)Nc3ccc(S(=O)(=O)Nc4ccc(C(F)(F)F)cc4)cc32)c1. The Morgan fingerprint density at radius 1 is 1.03 bits per heavy atom. The summed E-state index contributed by atoms with van der Waals surface area (Å²) in [4.78, 5) is 12.3. The van der Waals surface area contributed by atoms with Crippen LogP contribution in [0.2, 0.25) is 0 Å². The fraction of sp³-hybridized carbons (Fsp3) is 0.0870. The molecule has 0 atom stereocenters. The lowest BCUT2D eigenvalue weighted by molar-refractivity contribution is -0.137. The van der Waals surface area contributed by atoms with Gasteiger partial charge in [-0.2, -0.15) is 13.2 Å². The van der Waals surface area contributed by atoms with Crippen LogP contribution in [-0.4, -0.2) is 26.5 Å². The van der Waals surface area contributed by atoms with Crippen molar-refractivity contribution in [3.05, 3.63) is 77.4 Å². The van der Waals surface area contributed by atoms with E-state index in [4.69, 9.17) is 4.74 Å². The van der Waals surface area contributed by atoms with E-state index in [-0.39, 0.29) is 33.0 Å². The van der Waals surface area contributed by atoms with E-state index in [0.717, 1.165) is 24.3 Å². The fourth-order valence-electron chi connectivity index (χ4n) is 3.35. The zero-order chi connectivity index (χ0) is 24.7. The monoisotopic (exact) mass is 490 g/mol. The number of aromatic hydroxyl groups is 1. The molecule has 1 heterocycles. The lowest BCUT2D eigenvalue weighted by atomic mass is 10.0. The van der Waals surface area contributed by atoms with Crippen LogP contribution in [0.3, 0.4) is 0 Å². The molecule has 34 heavy (non-hydrogen) atoms. The second kappa shape index (κ2) is 8.41. The highest BCUT2D eigenvalue weighted by Gasteiger charge is 2.30. The van der Waals surface area contributed by atoms with Crippen LogP contribution in [0.15, 0.2) is 65.6 Å². The zero-order valence-electron chi connectivity index (χ0n) is 17.5. The maximum Gasteiger partial charge on any atom is 0.416 e. The zero-order valence-corrected chi connectivity index (χ0v) is 18.3. The van der Waals surface area contributed by atoms with E-state index in [9.17, 15) is 31.5 Å². The van der Waals surface area contributed by atoms with Crippen LogP contribution in [0.5, 0.6) is 11.5 Å². The predicted octanol–water partition coefficient (Wildman–Crippen LogP) is 4.71. The number of alkyl halides is 3. The first-order valence-electron chi connectivity index (χ1n) is 9.72. The molecule has 7 nitrogen and oxygen atoms in total. The predicted molar refractivity (Wildman–Crippen MR) is 120 cm³/mol. The number of amides is 1. The second-order valence-corrected chi connectivity index (χ2v) is 9.01. The van der Waals surface area contributed by atoms with Crippen molar-refractivity contribution >= 4 is 39.0 Å². The molecule has 1 amide bonds. The number of phenols is 1. The number of ether oxygens (including phenoxy) is 1. The van der Waals surface area contributed by atoms with Gasteiger partial charge in [0.2, 0.25) is 0 Å². The van der Waals surface area contributed by atoms with Crippen molar-refractivity contribution in [3.63, 3.8) is 0 Å². The summed E-state index contributed by atoms with van der Waals surface area (Å²) >= 11 is 0. The Balaban J connectivity index is 1.68. The number of carbonyl (C=O) groups is 1. The van der Waals surface area contributed by atoms with Crippen molar-refractivity contribution in [3.8, 4) is 11.5 Å². The first kappa shape index (κ1) is 23.2. The molecule has 0 aromatic heterocycles. The Morgan fingerprint density at radius 3 is 2.38 bits per heavy atom. The van der Waals surface area contributed by atoms with Crippen molar-refractivity contribution in [2.24, 2.45) is 0 Å². The molecule has 0 saturated heterocycles. The van der Waals surface area contributed by atoms with Gasteiger partial charge in [0.15, 0.2) is 0 Å². The van der Waals surface area contributed by atoms with E-state index in [1.54, 1.807) is 0 Å². The van der Waals surface area contributed by atoms with Gasteiger partial charge in [-0.25, -0.2) is 8.42 Å². The van der Waals surface area contributed by atoms with E-state index in [0.29, 0.717) is 11.4 Å². The lowest BCUT2D eigenvalue weighted by Crippen LogP contribution is -2.13. The van der Waals surface area contributed by atoms with Crippen LogP contribution < -0.4 is 14.8 Å². The van der Waals surface area contributed by atoms with E-state index >= 15 is 0 Å². The highest BCUT2D eigenvalue weighted by Crippen LogP contribution is 2.37. The Kier molecular flexibility index (Phi) is 5.74. The average molecular weight is 490 g/mol. The second-order valence-electron chi connectivity index (χ2n) is 7.32. The van der Waals surface area contributed by atoms with Gasteiger partial charge in [0, 0.05) is 28.1 Å². The topological polar surface area (TPSA) is 105 Å². The summed E-state index contributed by atoms with van der Waals surface area (Å²) in [6.07, 6.45) is -3.14. The van der Waals surface area contributed by atoms with Crippen molar-refractivity contribution in [2.45, 2.75) is 11.1 Å². The van der Waals surface area contributed by atoms with Crippen molar-refractivity contribution in [1.82, 2.24) is 0 Å². The van der Waals surface area contributed by atoms with E-state index in [1.807, 2.05) is 0 Å². The summed E-state index contributed by atoms with van der Waals surface area (Å²) in [5.41, 5.74) is 0.0844. The number of sulfonamides is 1. The average Bonchev–Trinajstić information content (AvgIpc) is 3.09. The van der Waals surface area contributed by atoms with E-state index in [2.05, 4.69) is 10.0 Å². The first-order valence-corrected chi connectivity index (χ1v) is 11.2. The van der Waals surface area contributed by atoms with Gasteiger partial charge in [0.25, 0.3) is 15.9 Å². The number of nitrogens with one attached hydrogen (secondary N) is 2. The third-order valence-electron chi connectivity index (χ3n) is 5.08. The molecule has 0 unspecified atom stereocenters. The first-order chi connectivity index (χ1) is 16.0. The van der Waals surface area contributed by atoms with Gasteiger partial charge in [0.05, 0.1) is 17.6 Å². The molecule has 0 saturated carbocycles. The molecule has 3 N–H and O–H groups in total. The summed E-state index contributed by atoms with van der Waals surface area (Å²) in [5, 5.41) is 12.8. The highest BCUT2D eigenvalue weighted by atomic mass is 32.2. The lowest BCUT2D eigenvalue weighted by Gasteiger charge is -2.11. The van der Waals surface area contributed by atoms with Gasteiger partial charge < -0.3 is 15.2 Å². The standard InChI is InChI=1S/C23H17F3N2O5S/c1-33-16-6-9-21(29)13(10-16)11-19-18-12-17(7-8-20(18)27-22(19)30)34(31,32)28-15-4-2-14(3-5-15)23(24,25)26/h2-12,28-29H,1H3,(H,27,30). The van der Waals surface area contributed by atoms with Crippen molar-refractivity contribution in [2.75, 3.05) is 17.1 Å². The van der Waals surface area contributed by atoms with E-state index < -0.39 is 27.7 Å². The molecule has 1 aliphatic rings. The fourth-order valence-corrected chi connectivity index (χ4v) is 4.43. The molecule has 11 heteroatoms. The molecule has 176 valence electrons. The normalized spacial score (nSPS) is 14.6. The quantitative estimate of drug-likeness (QED) is 0.449. The Morgan fingerprint density at radius 2 is 1.74 bits per heavy atom. The van der Waals surface area contributed by atoms with Crippen LogP contribution >= 0.6 is 0 Å². The molecule has 0 fully saturated rings. The highest BCUT2D eigenvalue weighted by molar-refractivity contribution is 7.92. The number of carbonyl (C=O) groups excluding carboxylic acids is 1. The number of phenolic OH excluding ortho intramolecular Hbond substituents is 1. The van der Waals surface area contributed by atoms with Gasteiger partial charge in [-0.15, -0.1) is 0 Å². The van der Waals surface area contributed by atoms with E-state index in [1.165, 1.54) is 49.6 Å². The summed E-state index contributed by atoms with van der Waals surface area (Å²) in [5.74, 6) is -0.162. The molecular formula is C23H17F3N2O5S. The number of rotatable bonds is 5. The number of anilines is 2. The summed E-state index contributed by atoms with van der Waals surface area (Å²) in [6, 6.07) is 11.9. The third kappa shape index (κ3) is 4.55. The number of hydrogen-bond acceptors (Lipinski definition) is 5. The van der Waals surface area contributed by atoms with Gasteiger partial charge in [-0.3, -0.25) is 9.52 Å². The molecule has 0 aliphatic carbocycles. The van der Waals surface area contributed by atoms with Crippen molar-refractivity contribution < 1.29 is 36.2 Å². The van der Waals surface area contributed by atoms with Gasteiger partial charge in [-0.05, 0) is 66.7 Å². The molecule has 4 rings (SSSR count). The van der Waals surface area contributed by atoms with Gasteiger partial charge in [-0.1, -0.05) is 0 Å². The van der Waals surface area contributed by atoms with Gasteiger partial charge in [0.1, 0.15) is 11.5 Å². The number of fused-ring (bicyclic) bond motifs is 1. The molecular weight excluding hydrogens is 473 g/mol.